The number of halogens is 1. The highest BCUT2D eigenvalue weighted by atomic mass is 35.5. The molecule has 6 heteroatoms. The number of para-hydroxylation sites is 1. The number of amides is 2. The van der Waals surface area contributed by atoms with E-state index in [0.717, 1.165) is 24.1 Å². The Morgan fingerprint density at radius 2 is 1.96 bits per heavy atom. The fraction of sp³-hybridized carbons (Fsp3) is 0.300. The summed E-state index contributed by atoms with van der Waals surface area (Å²) in [4.78, 5) is 25.9. The first-order chi connectivity index (χ1) is 12.6. The van der Waals surface area contributed by atoms with Gasteiger partial charge in [0.25, 0.3) is 0 Å². The number of hydrogen-bond donors (Lipinski definition) is 1. The van der Waals surface area contributed by atoms with E-state index in [9.17, 15) is 9.59 Å². The van der Waals surface area contributed by atoms with Crippen LogP contribution in [0.1, 0.15) is 29.8 Å². The molecular weight excluding hydrogens is 368 g/mol. The molecule has 0 spiro atoms. The first kappa shape index (κ1) is 18.8. The molecule has 0 unspecified atom stereocenters. The topological polar surface area (TPSA) is 49.4 Å². The fourth-order valence-electron chi connectivity index (χ4n) is 3.08. The Kier molecular flexibility index (Phi) is 6.22. The van der Waals surface area contributed by atoms with Gasteiger partial charge in [-0.3, -0.25) is 14.5 Å². The fourth-order valence-corrected chi connectivity index (χ4v) is 4.32. The smallest absolute Gasteiger partial charge is 0.239 e. The highest BCUT2D eigenvalue weighted by Crippen LogP contribution is 2.43. The second-order valence-electron chi connectivity index (χ2n) is 6.11. The zero-order valence-electron chi connectivity index (χ0n) is 14.6. The van der Waals surface area contributed by atoms with Gasteiger partial charge >= 0.3 is 0 Å². The SMILES string of the molecule is CCCc1ccccc1N1C(=O)CS[C@H]1c1ccc(NC(=O)CCl)cc1. The molecule has 3 rings (SSSR count). The van der Waals surface area contributed by atoms with Gasteiger partial charge in [-0.05, 0) is 35.7 Å². The number of rotatable bonds is 6. The van der Waals surface area contributed by atoms with E-state index in [2.05, 4.69) is 18.3 Å². The molecule has 1 atom stereocenters. The third-order valence-electron chi connectivity index (χ3n) is 4.24. The summed E-state index contributed by atoms with van der Waals surface area (Å²) < 4.78 is 0. The van der Waals surface area contributed by atoms with E-state index in [1.807, 2.05) is 47.4 Å². The van der Waals surface area contributed by atoms with Gasteiger partial charge in [0.1, 0.15) is 11.3 Å². The predicted octanol–water partition coefficient (Wildman–Crippen LogP) is 4.60. The first-order valence-electron chi connectivity index (χ1n) is 8.61. The van der Waals surface area contributed by atoms with Crippen LogP contribution >= 0.6 is 23.4 Å². The number of carbonyl (C=O) groups excluding carboxylic acids is 2. The monoisotopic (exact) mass is 388 g/mol. The van der Waals surface area contributed by atoms with Crippen LogP contribution in [0, 0.1) is 0 Å². The summed E-state index contributed by atoms with van der Waals surface area (Å²) in [5.41, 5.74) is 3.93. The van der Waals surface area contributed by atoms with Crippen molar-refractivity contribution in [3.8, 4) is 0 Å². The van der Waals surface area contributed by atoms with Gasteiger partial charge in [0.2, 0.25) is 11.8 Å². The summed E-state index contributed by atoms with van der Waals surface area (Å²) in [6.45, 7) is 2.14. The van der Waals surface area contributed by atoms with E-state index in [4.69, 9.17) is 11.6 Å². The van der Waals surface area contributed by atoms with Crippen LogP contribution in [-0.2, 0) is 16.0 Å². The van der Waals surface area contributed by atoms with Crippen LogP contribution in [0.4, 0.5) is 11.4 Å². The Morgan fingerprint density at radius 1 is 1.23 bits per heavy atom. The largest absolute Gasteiger partial charge is 0.325 e. The second kappa shape index (κ2) is 8.60. The van der Waals surface area contributed by atoms with Gasteiger partial charge in [0.05, 0.1) is 5.75 Å². The molecule has 0 saturated carbocycles. The van der Waals surface area contributed by atoms with Crippen molar-refractivity contribution in [3.63, 3.8) is 0 Å². The van der Waals surface area contributed by atoms with Crippen LogP contribution in [0.15, 0.2) is 48.5 Å². The number of nitrogens with zero attached hydrogens (tertiary/aromatic N) is 1. The van der Waals surface area contributed by atoms with E-state index < -0.39 is 0 Å². The quantitative estimate of drug-likeness (QED) is 0.736. The minimum absolute atomic E-state index is 0.0571. The van der Waals surface area contributed by atoms with Gasteiger partial charge in [0, 0.05) is 11.4 Å². The lowest BCUT2D eigenvalue weighted by Gasteiger charge is -2.26. The number of anilines is 2. The molecular formula is C20H21ClN2O2S. The zero-order chi connectivity index (χ0) is 18.5. The minimum Gasteiger partial charge on any atom is -0.325 e. The lowest BCUT2D eigenvalue weighted by molar-refractivity contribution is -0.116. The number of aryl methyl sites for hydroxylation is 1. The molecule has 1 aliphatic heterocycles. The number of carbonyl (C=O) groups is 2. The van der Waals surface area contributed by atoms with Crippen LogP contribution in [-0.4, -0.2) is 23.4 Å². The van der Waals surface area contributed by atoms with E-state index >= 15 is 0 Å². The Hall–Kier alpha value is -1.98. The third kappa shape index (κ3) is 4.05. The number of alkyl halides is 1. The maximum Gasteiger partial charge on any atom is 0.239 e. The molecule has 2 aromatic rings. The molecule has 0 radical (unpaired) electrons. The lowest BCUT2D eigenvalue weighted by Crippen LogP contribution is -2.28. The van der Waals surface area contributed by atoms with Gasteiger partial charge in [-0.1, -0.05) is 43.7 Å². The van der Waals surface area contributed by atoms with Crippen molar-refractivity contribution in [2.45, 2.75) is 25.1 Å². The van der Waals surface area contributed by atoms with Gasteiger partial charge in [-0.2, -0.15) is 0 Å². The molecule has 4 nitrogen and oxygen atoms in total. The average Bonchev–Trinajstić information content (AvgIpc) is 3.04. The number of nitrogens with one attached hydrogen (secondary N) is 1. The summed E-state index contributed by atoms with van der Waals surface area (Å²) >= 11 is 7.15. The second-order valence-corrected chi connectivity index (χ2v) is 7.45. The highest BCUT2D eigenvalue weighted by molar-refractivity contribution is 8.00. The molecule has 0 bridgehead atoms. The van der Waals surface area contributed by atoms with Crippen molar-refractivity contribution in [2.24, 2.45) is 0 Å². The van der Waals surface area contributed by atoms with E-state index in [0.29, 0.717) is 11.4 Å². The molecule has 1 aliphatic rings. The van der Waals surface area contributed by atoms with Gasteiger partial charge in [-0.25, -0.2) is 0 Å². The van der Waals surface area contributed by atoms with Gasteiger partial charge in [-0.15, -0.1) is 23.4 Å². The van der Waals surface area contributed by atoms with Crippen molar-refractivity contribution in [1.29, 1.82) is 0 Å². The van der Waals surface area contributed by atoms with Gasteiger partial charge < -0.3 is 5.32 Å². The number of benzene rings is 2. The third-order valence-corrected chi connectivity index (χ3v) is 5.69. The average molecular weight is 389 g/mol. The van der Waals surface area contributed by atoms with Crippen molar-refractivity contribution in [3.05, 3.63) is 59.7 Å². The van der Waals surface area contributed by atoms with Crippen LogP contribution < -0.4 is 10.2 Å². The van der Waals surface area contributed by atoms with Crippen molar-refractivity contribution in [1.82, 2.24) is 0 Å². The maximum absolute atomic E-state index is 12.6. The Bertz CT molecular complexity index is 795. The molecule has 2 aromatic carbocycles. The summed E-state index contributed by atoms with van der Waals surface area (Å²) in [5.74, 6) is 0.287. The Morgan fingerprint density at radius 3 is 2.65 bits per heavy atom. The first-order valence-corrected chi connectivity index (χ1v) is 10.2. The summed E-state index contributed by atoms with van der Waals surface area (Å²) in [6, 6.07) is 15.7. The molecule has 1 heterocycles. The van der Waals surface area contributed by atoms with E-state index in [1.54, 1.807) is 11.8 Å². The Balaban J connectivity index is 1.87. The lowest BCUT2D eigenvalue weighted by atomic mass is 10.1. The number of thioether (sulfide) groups is 1. The molecule has 136 valence electrons. The molecule has 26 heavy (non-hydrogen) atoms. The van der Waals surface area contributed by atoms with Crippen LogP contribution in [0.3, 0.4) is 0 Å². The molecule has 1 saturated heterocycles. The van der Waals surface area contributed by atoms with E-state index in [-0.39, 0.29) is 23.1 Å². The molecule has 1 fully saturated rings. The molecule has 0 aliphatic carbocycles. The maximum atomic E-state index is 12.6. The summed E-state index contributed by atoms with van der Waals surface area (Å²) in [6.07, 6.45) is 1.98. The predicted molar refractivity (Wildman–Crippen MR) is 109 cm³/mol. The molecule has 1 N–H and O–H groups in total. The molecule has 0 aromatic heterocycles. The number of hydrogen-bond acceptors (Lipinski definition) is 3. The molecule has 2 amide bonds. The highest BCUT2D eigenvalue weighted by Gasteiger charge is 2.34. The summed E-state index contributed by atoms with van der Waals surface area (Å²) in [7, 11) is 0. The van der Waals surface area contributed by atoms with Gasteiger partial charge in [0.15, 0.2) is 0 Å². The zero-order valence-corrected chi connectivity index (χ0v) is 16.1. The normalized spacial score (nSPS) is 16.8. The van der Waals surface area contributed by atoms with Crippen LogP contribution in [0.25, 0.3) is 0 Å². The van der Waals surface area contributed by atoms with Crippen LogP contribution in [0.2, 0.25) is 0 Å². The Labute approximate surface area is 162 Å². The van der Waals surface area contributed by atoms with Crippen molar-refractivity contribution >= 4 is 46.6 Å². The summed E-state index contributed by atoms with van der Waals surface area (Å²) in [5, 5.41) is 2.67. The van der Waals surface area contributed by atoms with Crippen molar-refractivity contribution in [2.75, 3.05) is 21.8 Å². The minimum atomic E-state index is -0.236. The van der Waals surface area contributed by atoms with E-state index in [1.165, 1.54) is 5.56 Å². The van der Waals surface area contributed by atoms with Crippen molar-refractivity contribution < 1.29 is 9.59 Å². The van der Waals surface area contributed by atoms with Crippen LogP contribution in [0.5, 0.6) is 0 Å². The standard InChI is InChI=1S/C20H21ClN2O2S/c1-2-5-14-6-3-4-7-17(14)23-19(25)13-26-20(23)15-8-10-16(11-9-15)22-18(24)12-21/h3-4,6-11,20H,2,5,12-13H2,1H3,(H,22,24)/t20-/m0/s1.